The van der Waals surface area contributed by atoms with Crippen molar-refractivity contribution in [3.8, 4) is 0 Å². The van der Waals surface area contributed by atoms with E-state index in [-0.39, 0.29) is 11.5 Å². The molecule has 2 atom stereocenters. The van der Waals surface area contributed by atoms with E-state index >= 15 is 0 Å². The van der Waals surface area contributed by atoms with E-state index in [4.69, 9.17) is 4.74 Å². The molecule has 0 aromatic carbocycles. The molecule has 0 aromatic rings. The Labute approximate surface area is 110 Å². The van der Waals surface area contributed by atoms with Crippen LogP contribution in [0.1, 0.15) is 46.0 Å². The molecule has 4 nitrogen and oxygen atoms in total. The van der Waals surface area contributed by atoms with Crippen molar-refractivity contribution in [2.24, 2.45) is 0 Å². The number of hydrogen-bond donors (Lipinski definition) is 1. The lowest BCUT2D eigenvalue weighted by atomic mass is 9.90. The second-order valence-electron chi connectivity index (χ2n) is 5.81. The Balaban J connectivity index is 1.74. The summed E-state index contributed by atoms with van der Waals surface area (Å²) in [5, 5.41) is 3.42. The number of hydrogen-bond acceptors (Lipinski definition) is 3. The molecule has 104 valence electrons. The molecule has 4 heteroatoms. The van der Waals surface area contributed by atoms with E-state index in [9.17, 15) is 4.79 Å². The highest BCUT2D eigenvalue weighted by Crippen LogP contribution is 2.27. The lowest BCUT2D eigenvalue weighted by molar-refractivity contribution is -0.130. The van der Waals surface area contributed by atoms with Crippen molar-refractivity contribution < 1.29 is 9.53 Å². The van der Waals surface area contributed by atoms with Gasteiger partial charge in [-0.05, 0) is 39.0 Å². The number of nitrogens with one attached hydrogen (secondary N) is 1. The topological polar surface area (TPSA) is 41.6 Å². The Hall–Kier alpha value is -0.610. The minimum atomic E-state index is -0.00733. The minimum Gasteiger partial charge on any atom is -0.375 e. The van der Waals surface area contributed by atoms with Crippen LogP contribution in [0, 0.1) is 0 Å². The number of carbonyl (C=O) groups excluding carboxylic acids is 1. The predicted molar refractivity (Wildman–Crippen MR) is 71.5 cm³/mol. The van der Waals surface area contributed by atoms with Crippen LogP contribution in [0.5, 0.6) is 0 Å². The van der Waals surface area contributed by atoms with Crippen LogP contribution < -0.4 is 5.32 Å². The molecule has 0 spiro atoms. The predicted octanol–water partition coefficient (Wildman–Crippen LogP) is 1.55. The van der Waals surface area contributed by atoms with Crippen molar-refractivity contribution in [2.45, 2.75) is 57.6 Å². The Morgan fingerprint density at radius 3 is 2.83 bits per heavy atom. The molecule has 2 saturated heterocycles. The summed E-state index contributed by atoms with van der Waals surface area (Å²) in [6.07, 6.45) is 5.39. The first-order valence-electron chi connectivity index (χ1n) is 7.28. The molecule has 1 amide bonds. The van der Waals surface area contributed by atoms with Gasteiger partial charge in [0.1, 0.15) is 0 Å². The van der Waals surface area contributed by atoms with Crippen molar-refractivity contribution in [1.82, 2.24) is 10.2 Å². The molecule has 18 heavy (non-hydrogen) atoms. The number of ether oxygens (including phenoxy) is 1. The third-order valence-electron chi connectivity index (χ3n) is 4.34. The quantitative estimate of drug-likeness (QED) is 0.827. The molecule has 2 rings (SSSR count). The standard InChI is InChI=1S/C14H26N2O2/c1-3-14(2)10-12(6-9-18-14)15-11-13(17)16-7-4-5-8-16/h12,15H,3-11H2,1-2H3. The third kappa shape index (κ3) is 3.45. The molecule has 2 aliphatic heterocycles. The fourth-order valence-electron chi connectivity index (χ4n) is 2.86. The zero-order valence-electron chi connectivity index (χ0n) is 11.7. The van der Waals surface area contributed by atoms with Crippen molar-refractivity contribution in [3.63, 3.8) is 0 Å². The molecular formula is C14H26N2O2. The second kappa shape index (κ2) is 6.02. The van der Waals surface area contributed by atoms with Crippen LogP contribution in [0.2, 0.25) is 0 Å². The first-order chi connectivity index (χ1) is 8.63. The summed E-state index contributed by atoms with van der Waals surface area (Å²) in [5.41, 5.74) is -0.00733. The van der Waals surface area contributed by atoms with Gasteiger partial charge in [0, 0.05) is 25.7 Å². The lowest BCUT2D eigenvalue weighted by Gasteiger charge is -2.38. The Morgan fingerprint density at radius 2 is 2.17 bits per heavy atom. The summed E-state index contributed by atoms with van der Waals surface area (Å²) in [7, 11) is 0. The first-order valence-corrected chi connectivity index (χ1v) is 7.28. The van der Waals surface area contributed by atoms with E-state index in [1.165, 1.54) is 0 Å². The summed E-state index contributed by atoms with van der Waals surface area (Å²) in [6.45, 7) is 7.52. The SMILES string of the molecule is CCC1(C)CC(NCC(=O)N2CCCC2)CCO1. The molecule has 1 N–H and O–H groups in total. The van der Waals surface area contributed by atoms with Gasteiger partial charge in [-0.2, -0.15) is 0 Å². The normalized spacial score (nSPS) is 32.8. The smallest absolute Gasteiger partial charge is 0.236 e. The van der Waals surface area contributed by atoms with E-state index in [0.29, 0.717) is 12.6 Å². The molecule has 2 fully saturated rings. The molecule has 0 saturated carbocycles. The highest BCUT2D eigenvalue weighted by Gasteiger charge is 2.31. The fourth-order valence-corrected chi connectivity index (χ4v) is 2.86. The average molecular weight is 254 g/mol. The second-order valence-corrected chi connectivity index (χ2v) is 5.81. The van der Waals surface area contributed by atoms with E-state index < -0.39 is 0 Å². The van der Waals surface area contributed by atoms with Crippen LogP contribution in [0.15, 0.2) is 0 Å². The minimum absolute atomic E-state index is 0.00733. The van der Waals surface area contributed by atoms with Crippen LogP contribution in [0.3, 0.4) is 0 Å². The highest BCUT2D eigenvalue weighted by atomic mass is 16.5. The van der Waals surface area contributed by atoms with Gasteiger partial charge in [0.2, 0.25) is 5.91 Å². The fraction of sp³-hybridized carbons (Fsp3) is 0.929. The van der Waals surface area contributed by atoms with Gasteiger partial charge in [-0.25, -0.2) is 0 Å². The van der Waals surface area contributed by atoms with Crippen molar-refractivity contribution in [2.75, 3.05) is 26.2 Å². The third-order valence-corrected chi connectivity index (χ3v) is 4.34. The van der Waals surface area contributed by atoms with Crippen molar-refractivity contribution in [1.29, 1.82) is 0 Å². The molecule has 0 bridgehead atoms. The number of likely N-dealkylation sites (tertiary alicyclic amines) is 1. The summed E-state index contributed by atoms with van der Waals surface area (Å²) in [4.78, 5) is 13.9. The summed E-state index contributed by atoms with van der Waals surface area (Å²) in [6, 6.07) is 0.426. The summed E-state index contributed by atoms with van der Waals surface area (Å²) < 4.78 is 5.82. The first kappa shape index (κ1) is 13.8. The van der Waals surface area contributed by atoms with Gasteiger partial charge in [-0.1, -0.05) is 6.92 Å². The largest absolute Gasteiger partial charge is 0.375 e. The van der Waals surface area contributed by atoms with Crippen LogP contribution in [-0.2, 0) is 9.53 Å². The average Bonchev–Trinajstić information content (AvgIpc) is 2.90. The van der Waals surface area contributed by atoms with Crippen LogP contribution in [-0.4, -0.2) is 48.7 Å². The monoisotopic (exact) mass is 254 g/mol. The summed E-state index contributed by atoms with van der Waals surface area (Å²) in [5.74, 6) is 0.261. The highest BCUT2D eigenvalue weighted by molar-refractivity contribution is 5.78. The maximum absolute atomic E-state index is 12.0. The molecule has 0 radical (unpaired) electrons. The Morgan fingerprint density at radius 1 is 1.44 bits per heavy atom. The molecule has 0 aromatic heterocycles. The maximum atomic E-state index is 12.0. The van der Waals surface area contributed by atoms with E-state index in [0.717, 1.165) is 51.8 Å². The van der Waals surface area contributed by atoms with Gasteiger partial charge in [0.05, 0.1) is 12.1 Å². The Bertz CT molecular complexity index is 290. The zero-order chi connectivity index (χ0) is 13.0. The van der Waals surface area contributed by atoms with Crippen LogP contribution in [0.4, 0.5) is 0 Å². The van der Waals surface area contributed by atoms with Crippen LogP contribution in [0.25, 0.3) is 0 Å². The van der Waals surface area contributed by atoms with Gasteiger partial charge in [-0.3, -0.25) is 4.79 Å². The van der Waals surface area contributed by atoms with Gasteiger partial charge in [0.15, 0.2) is 0 Å². The van der Waals surface area contributed by atoms with Crippen molar-refractivity contribution in [3.05, 3.63) is 0 Å². The van der Waals surface area contributed by atoms with Crippen molar-refractivity contribution >= 4 is 5.91 Å². The molecule has 2 aliphatic rings. The zero-order valence-corrected chi connectivity index (χ0v) is 11.7. The van der Waals surface area contributed by atoms with E-state index in [1.54, 1.807) is 0 Å². The van der Waals surface area contributed by atoms with Gasteiger partial charge in [-0.15, -0.1) is 0 Å². The van der Waals surface area contributed by atoms with Gasteiger partial charge >= 0.3 is 0 Å². The number of amides is 1. The van der Waals surface area contributed by atoms with Crippen LogP contribution >= 0.6 is 0 Å². The Kier molecular flexibility index (Phi) is 4.62. The summed E-state index contributed by atoms with van der Waals surface area (Å²) >= 11 is 0. The molecule has 0 aliphatic carbocycles. The van der Waals surface area contributed by atoms with Gasteiger partial charge < -0.3 is 15.0 Å². The molecular weight excluding hydrogens is 228 g/mol. The molecule has 2 unspecified atom stereocenters. The molecule has 2 heterocycles. The van der Waals surface area contributed by atoms with E-state index in [2.05, 4.69) is 19.2 Å². The van der Waals surface area contributed by atoms with Gasteiger partial charge in [0.25, 0.3) is 0 Å². The number of rotatable bonds is 4. The number of nitrogens with zero attached hydrogens (tertiary/aromatic N) is 1. The maximum Gasteiger partial charge on any atom is 0.236 e. The van der Waals surface area contributed by atoms with E-state index in [1.807, 2.05) is 4.90 Å². The number of carbonyl (C=O) groups is 1. The lowest BCUT2D eigenvalue weighted by Crippen LogP contribution is -2.48.